The predicted molar refractivity (Wildman–Crippen MR) is 89.5 cm³/mol. The molecule has 1 saturated carbocycles. The molecule has 0 bridgehead atoms. The monoisotopic (exact) mass is 289 g/mol. The molecule has 1 aromatic carbocycles. The third-order valence-electron chi connectivity index (χ3n) is 4.75. The first-order valence-corrected chi connectivity index (χ1v) is 8.30. The van der Waals surface area contributed by atoms with E-state index in [0.717, 1.165) is 12.2 Å². The summed E-state index contributed by atoms with van der Waals surface area (Å²) in [4.78, 5) is 0. The summed E-state index contributed by atoms with van der Waals surface area (Å²) in [6.45, 7) is 11.1. The number of ether oxygens (including phenoxy) is 1. The molecule has 1 aliphatic carbocycles. The molecule has 1 aliphatic rings. The van der Waals surface area contributed by atoms with Crippen LogP contribution in [0.5, 0.6) is 5.75 Å². The molecule has 1 fully saturated rings. The van der Waals surface area contributed by atoms with Crippen LogP contribution < -0.4 is 10.5 Å². The van der Waals surface area contributed by atoms with Crippen molar-refractivity contribution in [2.75, 3.05) is 0 Å². The molecule has 21 heavy (non-hydrogen) atoms. The third kappa shape index (κ3) is 3.42. The Labute approximate surface area is 130 Å². The molecular weight excluding hydrogens is 258 g/mol. The van der Waals surface area contributed by atoms with Crippen LogP contribution in [0.3, 0.4) is 0 Å². The number of nitrogens with two attached hydrogens (primary N) is 1. The van der Waals surface area contributed by atoms with Crippen LogP contribution in [0.1, 0.15) is 65.9 Å². The molecule has 2 nitrogen and oxygen atoms in total. The molecule has 0 saturated heterocycles. The van der Waals surface area contributed by atoms with Gasteiger partial charge in [0, 0.05) is 11.1 Å². The molecule has 2 heteroatoms. The normalized spacial score (nSPS) is 26.9. The molecule has 0 amide bonds. The highest BCUT2D eigenvalue weighted by atomic mass is 16.5. The molecule has 0 spiro atoms. The minimum atomic E-state index is -0.276. The third-order valence-corrected chi connectivity index (χ3v) is 4.75. The van der Waals surface area contributed by atoms with Crippen molar-refractivity contribution in [3.05, 3.63) is 29.8 Å². The Morgan fingerprint density at radius 3 is 2.48 bits per heavy atom. The minimum Gasteiger partial charge on any atom is -0.491 e. The van der Waals surface area contributed by atoms with Crippen molar-refractivity contribution < 1.29 is 4.74 Å². The van der Waals surface area contributed by atoms with Gasteiger partial charge in [-0.05, 0) is 44.1 Å². The van der Waals surface area contributed by atoms with Crippen molar-refractivity contribution >= 4 is 0 Å². The topological polar surface area (TPSA) is 35.2 Å². The van der Waals surface area contributed by atoms with Gasteiger partial charge in [0.1, 0.15) is 5.75 Å². The van der Waals surface area contributed by atoms with Crippen molar-refractivity contribution in [2.45, 2.75) is 71.9 Å². The number of para-hydroxylation sites is 1. The largest absolute Gasteiger partial charge is 0.491 e. The van der Waals surface area contributed by atoms with Crippen molar-refractivity contribution in [2.24, 2.45) is 17.1 Å². The van der Waals surface area contributed by atoms with E-state index in [1.165, 1.54) is 24.8 Å². The van der Waals surface area contributed by atoms with Gasteiger partial charge in [-0.1, -0.05) is 51.8 Å². The lowest BCUT2D eigenvalue weighted by Gasteiger charge is -2.48. The summed E-state index contributed by atoms with van der Waals surface area (Å²) >= 11 is 0. The fraction of sp³-hybridized carbons (Fsp3) is 0.684. The first-order valence-electron chi connectivity index (χ1n) is 8.30. The van der Waals surface area contributed by atoms with Crippen molar-refractivity contribution in [1.29, 1.82) is 0 Å². The van der Waals surface area contributed by atoms with E-state index in [4.69, 9.17) is 10.5 Å². The molecule has 2 N–H and O–H groups in total. The molecular formula is C19H31NO. The predicted octanol–water partition coefficient (Wildman–Crippen LogP) is 4.86. The highest BCUT2D eigenvalue weighted by molar-refractivity contribution is 5.40. The lowest BCUT2D eigenvalue weighted by molar-refractivity contribution is 0.0743. The Morgan fingerprint density at radius 1 is 1.19 bits per heavy atom. The number of benzene rings is 1. The zero-order valence-corrected chi connectivity index (χ0v) is 14.3. The van der Waals surface area contributed by atoms with E-state index < -0.39 is 0 Å². The van der Waals surface area contributed by atoms with Gasteiger partial charge in [0.2, 0.25) is 0 Å². The van der Waals surface area contributed by atoms with Crippen LogP contribution in [0, 0.1) is 11.3 Å². The summed E-state index contributed by atoms with van der Waals surface area (Å²) in [5.74, 6) is 1.45. The van der Waals surface area contributed by atoms with Gasteiger partial charge < -0.3 is 10.5 Å². The highest BCUT2D eigenvalue weighted by Crippen LogP contribution is 2.50. The van der Waals surface area contributed by atoms with Crippen molar-refractivity contribution in [3.63, 3.8) is 0 Å². The summed E-state index contributed by atoms with van der Waals surface area (Å²) in [5.41, 5.74) is 8.13. The number of hydrogen-bond donors (Lipinski definition) is 1. The Hall–Kier alpha value is -1.02. The van der Waals surface area contributed by atoms with Crippen LogP contribution in [0.25, 0.3) is 0 Å². The first kappa shape index (κ1) is 16.4. The molecule has 118 valence electrons. The molecule has 0 aliphatic heterocycles. The van der Waals surface area contributed by atoms with E-state index in [-0.39, 0.29) is 17.1 Å². The van der Waals surface area contributed by atoms with E-state index >= 15 is 0 Å². The second kappa shape index (κ2) is 6.00. The van der Waals surface area contributed by atoms with Crippen molar-refractivity contribution in [3.8, 4) is 5.75 Å². The number of rotatable bonds is 3. The van der Waals surface area contributed by atoms with Crippen LogP contribution >= 0.6 is 0 Å². The van der Waals surface area contributed by atoms with Crippen LogP contribution in [-0.2, 0) is 5.54 Å². The van der Waals surface area contributed by atoms with E-state index in [1.54, 1.807) is 0 Å². The van der Waals surface area contributed by atoms with E-state index in [0.29, 0.717) is 5.92 Å². The van der Waals surface area contributed by atoms with Gasteiger partial charge in [-0.2, -0.15) is 0 Å². The van der Waals surface area contributed by atoms with Gasteiger partial charge in [0.25, 0.3) is 0 Å². The Bertz CT molecular complexity index is 475. The molecule has 0 radical (unpaired) electrons. The Morgan fingerprint density at radius 2 is 1.86 bits per heavy atom. The van der Waals surface area contributed by atoms with Gasteiger partial charge in [-0.15, -0.1) is 0 Å². The van der Waals surface area contributed by atoms with Gasteiger partial charge in [-0.3, -0.25) is 0 Å². The van der Waals surface area contributed by atoms with Crippen molar-refractivity contribution in [1.82, 2.24) is 0 Å². The number of hydrogen-bond acceptors (Lipinski definition) is 2. The van der Waals surface area contributed by atoms with E-state index in [9.17, 15) is 0 Å². The zero-order valence-electron chi connectivity index (χ0n) is 14.3. The van der Waals surface area contributed by atoms with E-state index in [1.807, 2.05) is 6.07 Å². The summed E-state index contributed by atoms with van der Waals surface area (Å²) < 4.78 is 6.04. The van der Waals surface area contributed by atoms with Gasteiger partial charge in [0.05, 0.1) is 6.10 Å². The molecule has 2 rings (SSSR count). The quantitative estimate of drug-likeness (QED) is 0.862. The second-order valence-corrected chi connectivity index (χ2v) is 7.87. The average molecular weight is 289 g/mol. The SMILES string of the molecule is CC(C)Oc1ccccc1C1(N)CCCCC1C(C)(C)C. The van der Waals surface area contributed by atoms with Gasteiger partial charge in [-0.25, -0.2) is 0 Å². The second-order valence-electron chi connectivity index (χ2n) is 7.87. The fourth-order valence-corrected chi connectivity index (χ4v) is 3.93. The van der Waals surface area contributed by atoms with Crippen LogP contribution in [0.2, 0.25) is 0 Å². The Balaban J connectivity index is 2.46. The smallest absolute Gasteiger partial charge is 0.124 e. The standard InChI is InChI=1S/C19H31NO/c1-14(2)21-16-11-7-6-10-15(16)19(20)13-9-8-12-17(19)18(3,4)5/h6-7,10-11,14,17H,8-9,12-13,20H2,1-5H3. The van der Waals surface area contributed by atoms with E-state index in [2.05, 4.69) is 52.8 Å². The minimum absolute atomic E-state index is 0.173. The van der Waals surface area contributed by atoms with Crippen LogP contribution in [-0.4, -0.2) is 6.10 Å². The molecule has 2 atom stereocenters. The maximum atomic E-state index is 7.01. The Kier molecular flexibility index (Phi) is 4.67. The first-order chi connectivity index (χ1) is 9.75. The van der Waals surface area contributed by atoms with Gasteiger partial charge >= 0.3 is 0 Å². The fourth-order valence-electron chi connectivity index (χ4n) is 3.93. The van der Waals surface area contributed by atoms with Crippen LogP contribution in [0.4, 0.5) is 0 Å². The summed E-state index contributed by atoms with van der Waals surface area (Å²) in [6.07, 6.45) is 4.92. The maximum absolute atomic E-state index is 7.01. The molecule has 0 heterocycles. The van der Waals surface area contributed by atoms with Gasteiger partial charge in [0.15, 0.2) is 0 Å². The lowest BCUT2D eigenvalue weighted by Crippen LogP contribution is -2.51. The maximum Gasteiger partial charge on any atom is 0.124 e. The summed E-state index contributed by atoms with van der Waals surface area (Å²) in [6, 6.07) is 8.37. The molecule has 1 aromatic rings. The molecule has 2 unspecified atom stereocenters. The van der Waals surface area contributed by atoms with Crippen LogP contribution in [0.15, 0.2) is 24.3 Å². The summed E-state index contributed by atoms with van der Waals surface area (Å²) in [5, 5.41) is 0. The zero-order chi connectivity index (χ0) is 15.7. The lowest BCUT2D eigenvalue weighted by atomic mass is 9.60. The summed E-state index contributed by atoms with van der Waals surface area (Å²) in [7, 11) is 0. The average Bonchev–Trinajstić information content (AvgIpc) is 2.37. The highest BCUT2D eigenvalue weighted by Gasteiger charge is 2.45. The molecule has 0 aromatic heterocycles.